The summed E-state index contributed by atoms with van der Waals surface area (Å²) < 4.78 is 15.1. The summed E-state index contributed by atoms with van der Waals surface area (Å²) in [5.74, 6) is 1.76. The third-order valence-corrected chi connectivity index (χ3v) is 11.1. The van der Waals surface area contributed by atoms with Gasteiger partial charge in [0.1, 0.15) is 22.3 Å². The van der Waals surface area contributed by atoms with Crippen molar-refractivity contribution in [3.8, 4) is 51.0 Å². The van der Waals surface area contributed by atoms with Crippen LogP contribution in [0.25, 0.3) is 117 Å². The van der Waals surface area contributed by atoms with Crippen LogP contribution in [0.15, 0.2) is 191 Å². The molecule has 0 amide bonds. The van der Waals surface area contributed by atoms with Crippen LogP contribution in [0.3, 0.4) is 0 Å². The molecule has 0 N–H and O–H groups in total. The third kappa shape index (κ3) is 5.08. The number of fused-ring (bicyclic) bond motifs is 9. The van der Waals surface area contributed by atoms with E-state index in [1.807, 2.05) is 66.7 Å². The minimum atomic E-state index is 0.571. The lowest BCUT2D eigenvalue weighted by molar-refractivity contribution is 0.668. The molecule has 12 aromatic rings. The second-order valence-electron chi connectivity index (χ2n) is 14.4. The molecule has 8 aromatic carbocycles. The van der Waals surface area contributed by atoms with E-state index in [4.69, 9.17) is 23.8 Å². The van der Waals surface area contributed by atoms with E-state index in [0.29, 0.717) is 17.5 Å². The highest BCUT2D eigenvalue weighted by molar-refractivity contribution is 6.11. The summed E-state index contributed by atoms with van der Waals surface area (Å²) in [6.07, 6.45) is 0. The molecule has 0 atom stereocenters. The van der Waals surface area contributed by atoms with Crippen molar-refractivity contribution in [3.05, 3.63) is 182 Å². The maximum Gasteiger partial charge on any atom is 0.164 e. The highest BCUT2D eigenvalue weighted by atomic mass is 16.3. The standard InChI is InChI=1S/C51H30N4O2/c1-3-11-31(12-4-1)49-52-50(34-22-26-46-42(28-34)38-16-8-10-18-45(38)56-46)54-51(53-49)35-20-24-40-39-23-19-33(29-47(39)57-48(40)30-35)32-21-25-44-41(27-32)37-15-7-9-17-43(37)55(44)36-13-5-2-6-14-36/h1-30H. The maximum atomic E-state index is 6.62. The summed E-state index contributed by atoms with van der Waals surface area (Å²) >= 11 is 0. The number of hydrogen-bond acceptors (Lipinski definition) is 5. The highest BCUT2D eigenvalue weighted by Gasteiger charge is 2.18. The first-order valence-electron chi connectivity index (χ1n) is 19.0. The Kier molecular flexibility index (Phi) is 6.83. The van der Waals surface area contributed by atoms with E-state index < -0.39 is 0 Å². The Balaban J connectivity index is 0.960. The van der Waals surface area contributed by atoms with Gasteiger partial charge in [0, 0.05) is 54.7 Å². The van der Waals surface area contributed by atoms with Gasteiger partial charge in [0.15, 0.2) is 17.5 Å². The molecule has 266 valence electrons. The average Bonchev–Trinajstić information content (AvgIpc) is 3.95. The molecular weight excluding hydrogens is 701 g/mol. The van der Waals surface area contributed by atoms with Crippen molar-refractivity contribution in [3.63, 3.8) is 0 Å². The fraction of sp³-hybridized carbons (Fsp3) is 0. The number of hydrogen-bond donors (Lipinski definition) is 0. The number of rotatable bonds is 5. The first kappa shape index (κ1) is 31.5. The molecule has 0 saturated carbocycles. The summed E-state index contributed by atoms with van der Waals surface area (Å²) in [6.45, 7) is 0. The van der Waals surface area contributed by atoms with Gasteiger partial charge in [0.25, 0.3) is 0 Å². The molecule has 6 heteroatoms. The molecule has 12 rings (SSSR count). The van der Waals surface area contributed by atoms with E-state index in [0.717, 1.165) is 77.4 Å². The minimum absolute atomic E-state index is 0.571. The molecule has 6 nitrogen and oxygen atoms in total. The lowest BCUT2D eigenvalue weighted by Gasteiger charge is -2.08. The largest absolute Gasteiger partial charge is 0.456 e. The van der Waals surface area contributed by atoms with E-state index in [-0.39, 0.29) is 0 Å². The Hall–Kier alpha value is -7.83. The van der Waals surface area contributed by atoms with Crippen molar-refractivity contribution in [2.24, 2.45) is 0 Å². The minimum Gasteiger partial charge on any atom is -0.456 e. The smallest absolute Gasteiger partial charge is 0.164 e. The number of benzene rings is 8. The van der Waals surface area contributed by atoms with Gasteiger partial charge < -0.3 is 13.4 Å². The normalized spacial score (nSPS) is 11.9. The zero-order valence-electron chi connectivity index (χ0n) is 30.4. The van der Waals surface area contributed by atoms with Crippen LogP contribution < -0.4 is 0 Å². The molecular formula is C51H30N4O2. The Bertz CT molecular complexity index is 3530. The lowest BCUT2D eigenvalue weighted by atomic mass is 10.0. The topological polar surface area (TPSA) is 69.9 Å². The second kappa shape index (κ2) is 12.3. The Labute approximate surface area is 325 Å². The van der Waals surface area contributed by atoms with Gasteiger partial charge in [-0.2, -0.15) is 0 Å². The number of para-hydroxylation sites is 3. The second-order valence-corrected chi connectivity index (χ2v) is 14.4. The van der Waals surface area contributed by atoms with Gasteiger partial charge in [-0.3, -0.25) is 0 Å². The quantitative estimate of drug-likeness (QED) is 0.176. The molecule has 0 bridgehead atoms. The molecule has 0 aliphatic carbocycles. The molecule has 4 heterocycles. The molecule has 0 radical (unpaired) electrons. The van der Waals surface area contributed by atoms with Crippen LogP contribution in [0, 0.1) is 0 Å². The van der Waals surface area contributed by atoms with Crippen molar-refractivity contribution in [1.82, 2.24) is 19.5 Å². The van der Waals surface area contributed by atoms with E-state index >= 15 is 0 Å². The van der Waals surface area contributed by atoms with E-state index in [1.54, 1.807) is 0 Å². The van der Waals surface area contributed by atoms with Crippen LogP contribution in [0.2, 0.25) is 0 Å². The van der Waals surface area contributed by atoms with Crippen molar-refractivity contribution in [1.29, 1.82) is 0 Å². The van der Waals surface area contributed by atoms with Gasteiger partial charge in [-0.05, 0) is 90.0 Å². The summed E-state index contributed by atoms with van der Waals surface area (Å²) in [5.41, 5.74) is 11.7. The van der Waals surface area contributed by atoms with Crippen molar-refractivity contribution in [2.75, 3.05) is 0 Å². The van der Waals surface area contributed by atoms with Gasteiger partial charge >= 0.3 is 0 Å². The first-order valence-corrected chi connectivity index (χ1v) is 19.0. The van der Waals surface area contributed by atoms with E-state index in [2.05, 4.69) is 120 Å². The molecule has 0 saturated heterocycles. The molecule has 0 aliphatic rings. The van der Waals surface area contributed by atoms with Crippen molar-refractivity contribution in [2.45, 2.75) is 0 Å². The maximum absolute atomic E-state index is 6.62. The Morgan fingerprint density at radius 1 is 0.298 bits per heavy atom. The molecule has 4 aromatic heterocycles. The van der Waals surface area contributed by atoms with Gasteiger partial charge in [-0.15, -0.1) is 0 Å². The van der Waals surface area contributed by atoms with Crippen LogP contribution >= 0.6 is 0 Å². The Morgan fingerprint density at radius 2 is 0.789 bits per heavy atom. The van der Waals surface area contributed by atoms with Crippen LogP contribution in [0.4, 0.5) is 0 Å². The fourth-order valence-corrected chi connectivity index (χ4v) is 8.32. The van der Waals surface area contributed by atoms with E-state index in [9.17, 15) is 0 Å². The van der Waals surface area contributed by atoms with E-state index in [1.165, 1.54) is 21.8 Å². The van der Waals surface area contributed by atoms with Crippen LogP contribution in [0.1, 0.15) is 0 Å². The summed E-state index contributed by atoms with van der Waals surface area (Å²) in [4.78, 5) is 15.0. The molecule has 0 spiro atoms. The monoisotopic (exact) mass is 730 g/mol. The lowest BCUT2D eigenvalue weighted by Crippen LogP contribution is -2.00. The zero-order valence-corrected chi connectivity index (χ0v) is 30.4. The third-order valence-electron chi connectivity index (χ3n) is 11.1. The Morgan fingerprint density at radius 3 is 1.58 bits per heavy atom. The van der Waals surface area contributed by atoms with Crippen LogP contribution in [-0.4, -0.2) is 19.5 Å². The number of furan rings is 2. The first-order chi connectivity index (χ1) is 28.2. The van der Waals surface area contributed by atoms with Crippen molar-refractivity contribution < 1.29 is 8.83 Å². The molecule has 57 heavy (non-hydrogen) atoms. The molecule has 0 unspecified atom stereocenters. The molecule has 0 fully saturated rings. The number of aromatic nitrogens is 4. The molecule has 0 aliphatic heterocycles. The average molecular weight is 731 g/mol. The van der Waals surface area contributed by atoms with Gasteiger partial charge in [0.05, 0.1) is 11.0 Å². The van der Waals surface area contributed by atoms with Gasteiger partial charge in [0.2, 0.25) is 0 Å². The SMILES string of the molecule is c1ccc(-c2nc(-c3ccc4c(c3)oc3cc(-c5ccc6c(c5)c5ccccc5n6-c5ccccc5)ccc34)nc(-c3ccc4oc5ccccc5c4c3)n2)cc1. The summed E-state index contributed by atoms with van der Waals surface area (Å²) in [7, 11) is 0. The fourth-order valence-electron chi connectivity index (χ4n) is 8.32. The predicted octanol–water partition coefficient (Wildman–Crippen LogP) is 13.4. The van der Waals surface area contributed by atoms with Gasteiger partial charge in [-0.1, -0.05) is 103 Å². The van der Waals surface area contributed by atoms with Crippen LogP contribution in [0.5, 0.6) is 0 Å². The zero-order chi connectivity index (χ0) is 37.5. The summed E-state index contributed by atoms with van der Waals surface area (Å²) in [6, 6.07) is 62.9. The highest BCUT2D eigenvalue weighted by Crippen LogP contribution is 2.38. The van der Waals surface area contributed by atoms with Crippen molar-refractivity contribution >= 4 is 65.7 Å². The summed E-state index contributed by atoms with van der Waals surface area (Å²) in [5, 5.41) is 6.62. The number of nitrogens with zero attached hydrogens (tertiary/aromatic N) is 4. The van der Waals surface area contributed by atoms with Crippen LogP contribution in [-0.2, 0) is 0 Å². The predicted molar refractivity (Wildman–Crippen MR) is 230 cm³/mol. The van der Waals surface area contributed by atoms with Gasteiger partial charge in [-0.25, -0.2) is 15.0 Å².